The standard InChI is InChI=1S/C17H10O4/c1-2-9-21-13-8-7-12(18)14-15(13)17(20)11-6-4-3-5-10(11)16(14)19/h1,3-8,18H,9H2. The molecule has 102 valence electrons. The molecule has 1 aliphatic carbocycles. The van der Waals surface area contributed by atoms with Crippen molar-refractivity contribution in [3.63, 3.8) is 0 Å². The molecule has 0 spiro atoms. The second-order valence-corrected chi connectivity index (χ2v) is 4.53. The van der Waals surface area contributed by atoms with Crippen LogP contribution < -0.4 is 4.74 Å². The van der Waals surface area contributed by atoms with Crippen LogP contribution in [0.1, 0.15) is 31.8 Å². The lowest BCUT2D eigenvalue weighted by molar-refractivity contribution is 0.0973. The lowest BCUT2D eigenvalue weighted by Crippen LogP contribution is -2.22. The molecule has 0 aliphatic heterocycles. The van der Waals surface area contributed by atoms with E-state index >= 15 is 0 Å². The number of rotatable bonds is 2. The van der Waals surface area contributed by atoms with Crippen molar-refractivity contribution >= 4 is 11.6 Å². The smallest absolute Gasteiger partial charge is 0.198 e. The van der Waals surface area contributed by atoms with Crippen molar-refractivity contribution < 1.29 is 19.4 Å². The fourth-order valence-corrected chi connectivity index (χ4v) is 2.42. The molecule has 0 unspecified atom stereocenters. The first kappa shape index (κ1) is 12.9. The Balaban J connectivity index is 2.27. The van der Waals surface area contributed by atoms with Gasteiger partial charge in [-0.25, -0.2) is 0 Å². The zero-order valence-electron chi connectivity index (χ0n) is 10.9. The lowest BCUT2D eigenvalue weighted by atomic mass is 9.83. The zero-order chi connectivity index (χ0) is 15.0. The minimum Gasteiger partial charge on any atom is -0.507 e. The summed E-state index contributed by atoms with van der Waals surface area (Å²) in [6.45, 7) is -0.0274. The van der Waals surface area contributed by atoms with Gasteiger partial charge in [-0.05, 0) is 12.1 Å². The molecule has 0 radical (unpaired) electrons. The number of benzene rings is 2. The largest absolute Gasteiger partial charge is 0.507 e. The van der Waals surface area contributed by atoms with Gasteiger partial charge in [-0.2, -0.15) is 0 Å². The van der Waals surface area contributed by atoms with Gasteiger partial charge in [0.05, 0.1) is 11.1 Å². The van der Waals surface area contributed by atoms with Gasteiger partial charge >= 0.3 is 0 Å². The lowest BCUT2D eigenvalue weighted by Gasteiger charge is -2.20. The molecule has 0 saturated heterocycles. The van der Waals surface area contributed by atoms with Gasteiger partial charge in [0, 0.05) is 11.1 Å². The van der Waals surface area contributed by atoms with Crippen LogP contribution in [0.25, 0.3) is 0 Å². The van der Waals surface area contributed by atoms with Crippen molar-refractivity contribution in [3.05, 3.63) is 58.7 Å². The summed E-state index contributed by atoms with van der Waals surface area (Å²) in [6, 6.07) is 9.25. The molecule has 3 rings (SSSR count). The maximum Gasteiger partial charge on any atom is 0.198 e. The Labute approximate surface area is 121 Å². The van der Waals surface area contributed by atoms with E-state index in [1.165, 1.54) is 12.1 Å². The summed E-state index contributed by atoms with van der Waals surface area (Å²) >= 11 is 0. The molecule has 2 aromatic carbocycles. The molecule has 0 aromatic heterocycles. The van der Waals surface area contributed by atoms with Crippen LogP contribution in [0.2, 0.25) is 0 Å². The van der Waals surface area contributed by atoms with Gasteiger partial charge in [-0.1, -0.05) is 30.2 Å². The molecule has 0 atom stereocenters. The Bertz CT molecular complexity index is 812. The summed E-state index contributed by atoms with van der Waals surface area (Å²) in [6.07, 6.45) is 5.14. The number of phenolic OH excluding ortho intramolecular Hbond substituents is 1. The Kier molecular flexibility index (Phi) is 2.96. The van der Waals surface area contributed by atoms with Gasteiger partial charge in [-0.3, -0.25) is 9.59 Å². The van der Waals surface area contributed by atoms with E-state index in [4.69, 9.17) is 11.2 Å². The third-order valence-corrected chi connectivity index (χ3v) is 3.33. The summed E-state index contributed by atoms with van der Waals surface area (Å²) in [7, 11) is 0. The van der Waals surface area contributed by atoms with Crippen LogP contribution in [0, 0.1) is 12.3 Å². The zero-order valence-corrected chi connectivity index (χ0v) is 10.9. The van der Waals surface area contributed by atoms with Crippen LogP contribution in [-0.2, 0) is 0 Å². The van der Waals surface area contributed by atoms with Crippen molar-refractivity contribution in [2.75, 3.05) is 6.61 Å². The number of terminal acetylenes is 1. The second-order valence-electron chi connectivity index (χ2n) is 4.53. The predicted octanol–water partition coefficient (Wildman–Crippen LogP) is 2.18. The number of ketones is 2. The van der Waals surface area contributed by atoms with E-state index in [1.54, 1.807) is 24.3 Å². The van der Waals surface area contributed by atoms with E-state index in [9.17, 15) is 14.7 Å². The van der Waals surface area contributed by atoms with E-state index < -0.39 is 5.78 Å². The Morgan fingerprint density at radius 3 is 2.24 bits per heavy atom. The summed E-state index contributed by atoms with van der Waals surface area (Å²) in [5.41, 5.74) is 0.604. The Morgan fingerprint density at radius 2 is 1.62 bits per heavy atom. The number of aromatic hydroxyl groups is 1. The first-order valence-electron chi connectivity index (χ1n) is 6.25. The van der Waals surface area contributed by atoms with Gasteiger partial charge in [0.2, 0.25) is 0 Å². The number of hydrogen-bond acceptors (Lipinski definition) is 4. The SMILES string of the molecule is C#CCOc1ccc(O)c2c1C(=O)c1ccccc1C2=O. The van der Waals surface area contributed by atoms with Crippen molar-refractivity contribution in [3.8, 4) is 23.8 Å². The average molecular weight is 278 g/mol. The average Bonchev–Trinajstić information content (AvgIpc) is 2.51. The predicted molar refractivity (Wildman–Crippen MR) is 75.7 cm³/mol. The highest BCUT2D eigenvalue weighted by atomic mass is 16.5. The normalized spacial score (nSPS) is 12.3. The van der Waals surface area contributed by atoms with Crippen LogP contribution in [-0.4, -0.2) is 23.3 Å². The third-order valence-electron chi connectivity index (χ3n) is 3.33. The summed E-state index contributed by atoms with van der Waals surface area (Å²) in [5.74, 6) is 1.50. The molecule has 2 aromatic rings. The van der Waals surface area contributed by atoms with Gasteiger partial charge in [0.1, 0.15) is 18.1 Å². The van der Waals surface area contributed by atoms with E-state index in [0.717, 1.165) is 0 Å². The molecule has 0 amide bonds. The number of hydrogen-bond donors (Lipinski definition) is 1. The number of carbonyl (C=O) groups excluding carboxylic acids is 2. The highest BCUT2D eigenvalue weighted by molar-refractivity contribution is 6.30. The molecule has 21 heavy (non-hydrogen) atoms. The molecule has 1 aliphatic rings. The molecule has 0 fully saturated rings. The molecule has 4 nitrogen and oxygen atoms in total. The minimum atomic E-state index is -0.399. The van der Waals surface area contributed by atoms with Gasteiger partial charge in [0.25, 0.3) is 0 Å². The number of ether oxygens (including phenoxy) is 1. The van der Waals surface area contributed by atoms with Crippen molar-refractivity contribution in [1.29, 1.82) is 0 Å². The van der Waals surface area contributed by atoms with Crippen molar-refractivity contribution in [2.45, 2.75) is 0 Å². The van der Waals surface area contributed by atoms with Crippen molar-refractivity contribution in [1.82, 2.24) is 0 Å². The van der Waals surface area contributed by atoms with Crippen molar-refractivity contribution in [2.24, 2.45) is 0 Å². The van der Waals surface area contributed by atoms with E-state index in [2.05, 4.69) is 5.92 Å². The first-order valence-corrected chi connectivity index (χ1v) is 6.25. The monoisotopic (exact) mass is 278 g/mol. The van der Waals surface area contributed by atoms with E-state index in [-0.39, 0.29) is 40.6 Å². The van der Waals surface area contributed by atoms with Gasteiger partial charge in [-0.15, -0.1) is 6.42 Å². The molecule has 0 bridgehead atoms. The summed E-state index contributed by atoms with van der Waals surface area (Å²) in [4.78, 5) is 25.1. The number of fused-ring (bicyclic) bond motifs is 2. The molecule has 0 heterocycles. The minimum absolute atomic E-state index is 0.0274. The van der Waals surface area contributed by atoms with Gasteiger partial charge < -0.3 is 9.84 Å². The van der Waals surface area contributed by atoms with Crippen LogP contribution in [0.4, 0.5) is 0 Å². The molecule has 1 N–H and O–H groups in total. The highest BCUT2D eigenvalue weighted by Crippen LogP contribution is 2.37. The Hall–Kier alpha value is -3.06. The third kappa shape index (κ3) is 1.87. The number of phenols is 1. The number of carbonyl (C=O) groups is 2. The first-order chi connectivity index (χ1) is 10.1. The fourth-order valence-electron chi connectivity index (χ4n) is 2.42. The van der Waals surface area contributed by atoms with Crippen LogP contribution in [0.15, 0.2) is 36.4 Å². The molecule has 4 heteroatoms. The van der Waals surface area contributed by atoms with E-state index in [1.807, 2.05) is 0 Å². The molecular formula is C17H10O4. The van der Waals surface area contributed by atoms with Crippen LogP contribution in [0.3, 0.4) is 0 Å². The maximum absolute atomic E-state index is 12.6. The summed E-state index contributed by atoms with van der Waals surface area (Å²) in [5, 5.41) is 9.95. The summed E-state index contributed by atoms with van der Waals surface area (Å²) < 4.78 is 5.32. The molecule has 0 saturated carbocycles. The highest BCUT2D eigenvalue weighted by Gasteiger charge is 2.34. The van der Waals surface area contributed by atoms with E-state index in [0.29, 0.717) is 5.56 Å². The maximum atomic E-state index is 12.6. The van der Waals surface area contributed by atoms with Gasteiger partial charge in [0.15, 0.2) is 11.6 Å². The molecular weight excluding hydrogens is 268 g/mol. The van der Waals surface area contributed by atoms with Crippen LogP contribution >= 0.6 is 0 Å². The topological polar surface area (TPSA) is 63.6 Å². The Morgan fingerprint density at radius 1 is 1.00 bits per heavy atom. The second kappa shape index (κ2) is 4.80. The quantitative estimate of drug-likeness (QED) is 0.730. The van der Waals surface area contributed by atoms with Crippen LogP contribution in [0.5, 0.6) is 11.5 Å². The fraction of sp³-hybridized carbons (Fsp3) is 0.0588.